The molecule has 0 saturated heterocycles. The highest BCUT2D eigenvalue weighted by molar-refractivity contribution is 14.1. The van der Waals surface area contributed by atoms with Crippen LogP contribution in [0.15, 0.2) is 18.2 Å². The minimum absolute atomic E-state index is 0.382. The molecule has 2 aliphatic rings. The van der Waals surface area contributed by atoms with Gasteiger partial charge in [0.25, 0.3) is 0 Å². The van der Waals surface area contributed by atoms with E-state index in [0.717, 1.165) is 9.97 Å². The van der Waals surface area contributed by atoms with Gasteiger partial charge in [0.1, 0.15) is 0 Å². The van der Waals surface area contributed by atoms with Gasteiger partial charge in [-0.2, -0.15) is 123 Å². The zero-order valence-corrected chi connectivity index (χ0v) is 31.6. The minimum Gasteiger partial charge on any atom is -0.355 e. The molecule has 0 saturated carbocycles. The third-order valence-electron chi connectivity index (χ3n) is 9.08. The fourth-order valence-electron chi connectivity index (χ4n) is 5.90. The number of nitrogens with zero attached hydrogens (tertiary/aromatic N) is 2. The number of hydrogen-bond donors (Lipinski definition) is 2. The summed E-state index contributed by atoms with van der Waals surface area (Å²) >= 11 is 0.466. The Labute approximate surface area is 350 Å². The van der Waals surface area contributed by atoms with Crippen molar-refractivity contribution in [2.45, 2.75) is 72.1 Å². The molecule has 2 N–H and O–H groups in total. The fraction of sp³-hybridized carbons (Fsp3) is 0.375. The lowest BCUT2D eigenvalue weighted by Crippen LogP contribution is -2.50. The first-order chi connectivity index (χ1) is 28.8. The van der Waals surface area contributed by atoms with Gasteiger partial charge >= 0.3 is 72.1 Å². The van der Waals surface area contributed by atoms with Gasteiger partial charge < -0.3 is 9.97 Å². The van der Waals surface area contributed by atoms with Gasteiger partial charge in [-0.05, 0) is 65.1 Å². The second-order valence-electron chi connectivity index (χ2n) is 13.2. The van der Waals surface area contributed by atoms with Crippen molar-refractivity contribution in [1.82, 2.24) is 19.9 Å². The molecule has 0 unspecified atom stereocenters. The molecule has 65 heavy (non-hydrogen) atoms. The molecule has 0 fully saturated rings. The van der Waals surface area contributed by atoms with E-state index in [4.69, 9.17) is 0 Å². The summed E-state index contributed by atoms with van der Waals surface area (Å²) in [6, 6.07) is -1.28. The summed E-state index contributed by atoms with van der Waals surface area (Å²) < 4.78 is 403. The first kappa shape index (κ1) is 51.4. The van der Waals surface area contributed by atoms with E-state index in [0.29, 0.717) is 22.6 Å². The standard InChI is InChI=1S/C32H9F28IN4/c33-21(34,25(41,42)29(49,50)51)16-9-1-2-10(62-9)17(22(35,36)26(43,44)30(52,53)54)12-5-6-14(64-12)19(24(39,40)28(47,48)32(58,59)60)20-8(61)7-15(65-20)18(13-4-3-11(16)63-13)23(37,38)27(45,46)31(55,56)57/h1-7,63,65H. The molecule has 8 bridgehead atoms. The van der Waals surface area contributed by atoms with Crippen LogP contribution in [0.2, 0.25) is 0 Å². The van der Waals surface area contributed by atoms with Crippen molar-refractivity contribution < 1.29 is 123 Å². The highest BCUT2D eigenvalue weighted by atomic mass is 127. The molecule has 3 aromatic rings. The number of aromatic amines is 2. The van der Waals surface area contributed by atoms with Crippen molar-refractivity contribution in [3.8, 4) is 0 Å². The maximum Gasteiger partial charge on any atom is 0.460 e. The van der Waals surface area contributed by atoms with E-state index < -0.39 is 179 Å². The summed E-state index contributed by atoms with van der Waals surface area (Å²) in [6.07, 6.45) is -31.9. The lowest BCUT2D eigenvalue weighted by Gasteiger charge is -2.29. The molecule has 3 aromatic heterocycles. The third-order valence-corrected chi connectivity index (χ3v) is 9.93. The fourth-order valence-corrected chi connectivity index (χ4v) is 6.62. The number of aromatic nitrogens is 4. The quantitative estimate of drug-likeness (QED) is 0.120. The van der Waals surface area contributed by atoms with E-state index in [-0.39, 0.29) is 6.07 Å². The van der Waals surface area contributed by atoms with Crippen molar-refractivity contribution >= 4 is 69.0 Å². The zero-order valence-electron chi connectivity index (χ0n) is 29.4. The van der Waals surface area contributed by atoms with E-state index in [1.807, 2.05) is 0 Å². The Morgan fingerprint density at radius 2 is 0.615 bits per heavy atom. The molecule has 4 nitrogen and oxygen atoms in total. The van der Waals surface area contributed by atoms with Gasteiger partial charge in [-0.3, -0.25) is 0 Å². The van der Waals surface area contributed by atoms with E-state index in [9.17, 15) is 87.8 Å². The van der Waals surface area contributed by atoms with Crippen LogP contribution in [0.1, 0.15) is 45.0 Å². The Morgan fingerprint density at radius 3 is 0.969 bits per heavy atom. The molecule has 5 rings (SSSR count). The van der Waals surface area contributed by atoms with Gasteiger partial charge in [0.15, 0.2) is 0 Å². The predicted octanol–water partition coefficient (Wildman–Crippen LogP) is 14.4. The number of rotatable bonds is 8. The van der Waals surface area contributed by atoms with E-state index in [2.05, 4.69) is 9.97 Å². The lowest BCUT2D eigenvalue weighted by atomic mass is 9.98. The highest BCUT2D eigenvalue weighted by Crippen LogP contribution is 2.59. The van der Waals surface area contributed by atoms with Crippen LogP contribution in [-0.4, -0.2) is 68.3 Å². The smallest absolute Gasteiger partial charge is 0.355 e. The largest absolute Gasteiger partial charge is 0.460 e. The van der Waals surface area contributed by atoms with Gasteiger partial charge in [0.2, 0.25) is 0 Å². The first-order valence-electron chi connectivity index (χ1n) is 15.9. The first-order valence-corrected chi connectivity index (χ1v) is 17.0. The van der Waals surface area contributed by atoms with Crippen molar-refractivity contribution in [2.75, 3.05) is 0 Å². The van der Waals surface area contributed by atoms with Gasteiger partial charge in [-0.15, -0.1) is 0 Å². The van der Waals surface area contributed by atoms with Crippen LogP contribution in [-0.2, 0) is 23.7 Å². The van der Waals surface area contributed by atoms with E-state index in [1.165, 1.54) is 0 Å². The van der Waals surface area contributed by atoms with Gasteiger partial charge in [0, 0.05) is 3.57 Å². The third kappa shape index (κ3) is 7.41. The molecular weight excluding hydrogens is 1100 g/mol. The minimum atomic E-state index is -7.53. The zero-order chi connectivity index (χ0) is 50.3. The molecule has 33 heteroatoms. The van der Waals surface area contributed by atoms with E-state index >= 15 is 35.1 Å². The van der Waals surface area contributed by atoms with Crippen LogP contribution in [0.3, 0.4) is 0 Å². The summed E-state index contributed by atoms with van der Waals surface area (Å²) in [6.45, 7) is 0. The van der Waals surface area contributed by atoms with Gasteiger partial charge in [0.05, 0.1) is 67.1 Å². The number of alkyl halides is 28. The monoisotopic (exact) mass is 1110 g/mol. The summed E-state index contributed by atoms with van der Waals surface area (Å²) in [4.78, 5) is 7.34. The van der Waals surface area contributed by atoms with Crippen LogP contribution in [0.4, 0.5) is 123 Å². The summed E-state index contributed by atoms with van der Waals surface area (Å²) in [5.41, 5.74) is -31.6. The van der Waals surface area contributed by atoms with Crippen LogP contribution in [0.5, 0.6) is 0 Å². The van der Waals surface area contributed by atoms with Crippen molar-refractivity contribution in [3.63, 3.8) is 0 Å². The SMILES string of the molecule is FC(F)(F)C(F)(F)C(F)(F)c1c2nc(c(C(F)(F)C(F)(F)C(F)(F)F)c3ccc([nH]3)c(C(F)(F)C(F)(F)C(F)(F)F)c3cc(I)c([nH]3)c(C(F)(F)C(F)(F)C(F)(F)F)c3nc1C=C3)C=C2. The molecule has 0 spiro atoms. The highest BCUT2D eigenvalue weighted by Gasteiger charge is 2.78. The molecular formula is C32H9F28IN4. The van der Waals surface area contributed by atoms with Crippen molar-refractivity contribution in [3.05, 3.63) is 66.8 Å². The normalized spacial score (nSPS) is 15.6. The Bertz CT molecular complexity index is 2630. The summed E-state index contributed by atoms with van der Waals surface area (Å²) in [7, 11) is 0. The van der Waals surface area contributed by atoms with Gasteiger partial charge in [-0.1, -0.05) is 0 Å². The summed E-state index contributed by atoms with van der Waals surface area (Å²) in [5, 5.41) is 0. The average Bonchev–Trinajstić information content (AvgIpc) is 3.93. The number of hydrogen-bond acceptors (Lipinski definition) is 2. The Morgan fingerprint density at radius 1 is 0.338 bits per heavy atom. The molecule has 5 heterocycles. The lowest BCUT2D eigenvalue weighted by molar-refractivity contribution is -0.359. The van der Waals surface area contributed by atoms with Gasteiger partial charge in [-0.25, -0.2) is 9.97 Å². The Balaban J connectivity index is 2.26. The summed E-state index contributed by atoms with van der Waals surface area (Å²) in [5.74, 6) is -58.3. The molecule has 0 aliphatic carbocycles. The maximum absolute atomic E-state index is 15.8. The van der Waals surface area contributed by atoms with E-state index in [1.54, 1.807) is 0 Å². The number of halogens is 29. The van der Waals surface area contributed by atoms with Crippen LogP contribution in [0.25, 0.3) is 46.4 Å². The number of nitrogens with one attached hydrogen (secondary N) is 2. The number of H-pyrrole nitrogens is 2. The average molecular weight is 1110 g/mol. The topological polar surface area (TPSA) is 57.4 Å². The number of fused-ring (bicyclic) bond motifs is 8. The van der Waals surface area contributed by atoms with Crippen molar-refractivity contribution in [2.24, 2.45) is 0 Å². The van der Waals surface area contributed by atoms with Crippen LogP contribution < -0.4 is 0 Å². The van der Waals surface area contributed by atoms with Crippen molar-refractivity contribution in [1.29, 1.82) is 0 Å². The molecule has 0 radical (unpaired) electrons. The predicted molar refractivity (Wildman–Crippen MR) is 171 cm³/mol. The van der Waals surface area contributed by atoms with Crippen LogP contribution >= 0.6 is 22.6 Å². The van der Waals surface area contributed by atoms with Crippen LogP contribution in [0, 0.1) is 3.57 Å². The second kappa shape index (κ2) is 14.7. The molecule has 0 atom stereocenters. The Hall–Kier alpha value is -4.63. The molecule has 0 amide bonds. The molecule has 360 valence electrons. The Kier molecular flexibility index (Phi) is 11.6. The molecule has 2 aliphatic heterocycles. The second-order valence-corrected chi connectivity index (χ2v) is 14.4. The molecule has 0 aromatic carbocycles. The maximum atomic E-state index is 15.8.